The third-order valence-electron chi connectivity index (χ3n) is 3.83. The molecule has 1 aliphatic carbocycles. The minimum atomic E-state index is -3.45. The van der Waals surface area contributed by atoms with Crippen LogP contribution in [0.15, 0.2) is 24.3 Å². The second-order valence-corrected chi connectivity index (χ2v) is 7.20. The zero-order chi connectivity index (χ0) is 15.0. The lowest BCUT2D eigenvalue weighted by atomic mass is 10.0. The Hall–Kier alpha value is -1.87. The zero-order valence-corrected chi connectivity index (χ0v) is 12.1. The summed E-state index contributed by atoms with van der Waals surface area (Å²) >= 11 is 0. The number of benzene rings is 1. The van der Waals surface area contributed by atoms with Gasteiger partial charge in [0, 0.05) is 11.7 Å². The molecule has 0 bridgehead atoms. The molecule has 6 heteroatoms. The van der Waals surface area contributed by atoms with Crippen LogP contribution in [0.5, 0.6) is 5.75 Å². The molecule has 1 aromatic carbocycles. The van der Waals surface area contributed by atoms with E-state index >= 15 is 0 Å². The Morgan fingerprint density at radius 1 is 1.40 bits per heavy atom. The molecule has 3 atom stereocenters. The highest BCUT2D eigenvalue weighted by Crippen LogP contribution is 2.61. The Morgan fingerprint density at radius 2 is 2.00 bits per heavy atom. The summed E-state index contributed by atoms with van der Waals surface area (Å²) in [6, 6.07) is 8.67. The van der Waals surface area contributed by atoms with Crippen LogP contribution in [0.1, 0.15) is 18.4 Å². The van der Waals surface area contributed by atoms with E-state index in [0.717, 1.165) is 0 Å². The number of ether oxygens (including phenoxy) is 1. The van der Waals surface area contributed by atoms with E-state index in [1.165, 1.54) is 14.0 Å². The summed E-state index contributed by atoms with van der Waals surface area (Å²) in [6.07, 6.45) is 0.472. The third kappa shape index (κ3) is 1.98. The summed E-state index contributed by atoms with van der Waals surface area (Å²) in [7, 11) is -1.93. The highest BCUT2D eigenvalue weighted by atomic mass is 32.2. The molecule has 20 heavy (non-hydrogen) atoms. The fourth-order valence-electron chi connectivity index (χ4n) is 2.62. The Labute approximate surface area is 118 Å². The molecule has 0 spiro atoms. The molecular weight excluding hydrogens is 278 g/mol. The number of carbonyl (C=O) groups is 1. The molecule has 0 amide bonds. The van der Waals surface area contributed by atoms with Crippen LogP contribution >= 0.6 is 0 Å². The molecule has 106 valence electrons. The number of methoxy groups -OCH3 is 1. The van der Waals surface area contributed by atoms with E-state index in [1.54, 1.807) is 24.3 Å². The Kier molecular flexibility index (Phi) is 3.57. The lowest BCUT2D eigenvalue weighted by Gasteiger charge is -2.03. The largest absolute Gasteiger partial charge is 0.497 e. The van der Waals surface area contributed by atoms with Crippen LogP contribution in [0.3, 0.4) is 0 Å². The maximum atomic E-state index is 12.1. The number of nitriles is 1. The SMILES string of the molecule is CCS(=O)(=O)[C@@H]1[C@@H](c2ccc(OC)cc2)[C@@]1(C#N)C=O. The van der Waals surface area contributed by atoms with Crippen molar-refractivity contribution in [1.82, 2.24) is 0 Å². The Bertz CT molecular complexity index is 659. The van der Waals surface area contributed by atoms with E-state index in [9.17, 15) is 18.5 Å². The molecule has 0 N–H and O–H groups in total. The molecule has 1 aromatic rings. The quantitative estimate of drug-likeness (QED) is 0.764. The molecule has 0 unspecified atom stereocenters. The van der Waals surface area contributed by atoms with E-state index in [4.69, 9.17) is 4.74 Å². The number of nitrogens with zero attached hydrogens (tertiary/aromatic N) is 1. The van der Waals surface area contributed by atoms with Crippen LogP contribution in [-0.4, -0.2) is 32.8 Å². The van der Waals surface area contributed by atoms with Crippen molar-refractivity contribution in [3.63, 3.8) is 0 Å². The van der Waals surface area contributed by atoms with E-state index < -0.39 is 26.4 Å². The second-order valence-electron chi connectivity index (χ2n) is 4.79. The van der Waals surface area contributed by atoms with Crippen molar-refractivity contribution in [1.29, 1.82) is 5.26 Å². The molecule has 1 aliphatic rings. The van der Waals surface area contributed by atoms with Gasteiger partial charge in [0.1, 0.15) is 17.5 Å². The summed E-state index contributed by atoms with van der Waals surface area (Å²) in [5.41, 5.74) is -0.787. The van der Waals surface area contributed by atoms with Crippen LogP contribution in [0.4, 0.5) is 0 Å². The van der Waals surface area contributed by atoms with Crippen molar-refractivity contribution in [2.24, 2.45) is 5.41 Å². The Morgan fingerprint density at radius 3 is 2.40 bits per heavy atom. The van der Waals surface area contributed by atoms with Crippen molar-refractivity contribution < 1.29 is 17.9 Å². The predicted octanol–water partition coefficient (Wildman–Crippen LogP) is 1.30. The van der Waals surface area contributed by atoms with Crippen molar-refractivity contribution >= 4 is 16.1 Å². The Balaban J connectivity index is 2.44. The van der Waals surface area contributed by atoms with Crippen molar-refractivity contribution in [2.75, 3.05) is 12.9 Å². The average molecular weight is 293 g/mol. The second kappa shape index (κ2) is 4.91. The minimum Gasteiger partial charge on any atom is -0.497 e. The van der Waals surface area contributed by atoms with E-state index in [1.807, 2.05) is 6.07 Å². The molecular formula is C14H15NO4S. The van der Waals surface area contributed by atoms with Gasteiger partial charge in [-0.15, -0.1) is 0 Å². The number of carbonyl (C=O) groups excluding carboxylic acids is 1. The first-order valence-corrected chi connectivity index (χ1v) is 7.91. The topological polar surface area (TPSA) is 84.2 Å². The first kappa shape index (κ1) is 14.5. The first-order chi connectivity index (χ1) is 9.46. The van der Waals surface area contributed by atoms with Gasteiger partial charge in [-0.25, -0.2) is 8.42 Å². The minimum absolute atomic E-state index is 0.0818. The highest BCUT2D eigenvalue weighted by Gasteiger charge is 2.72. The molecule has 0 heterocycles. The van der Waals surface area contributed by atoms with Crippen molar-refractivity contribution in [2.45, 2.75) is 18.1 Å². The zero-order valence-electron chi connectivity index (χ0n) is 11.2. The third-order valence-corrected chi connectivity index (χ3v) is 6.07. The van der Waals surface area contributed by atoms with Gasteiger partial charge < -0.3 is 9.53 Å². The van der Waals surface area contributed by atoms with E-state index in [2.05, 4.69) is 0 Å². The van der Waals surface area contributed by atoms with Gasteiger partial charge in [0.05, 0.1) is 18.4 Å². The van der Waals surface area contributed by atoms with E-state index in [-0.39, 0.29) is 5.75 Å². The summed E-state index contributed by atoms with van der Waals surface area (Å²) in [6.45, 7) is 1.52. The molecule has 5 nitrogen and oxygen atoms in total. The maximum absolute atomic E-state index is 12.1. The van der Waals surface area contributed by atoms with Crippen LogP contribution < -0.4 is 4.74 Å². The average Bonchev–Trinajstić information content (AvgIpc) is 3.18. The summed E-state index contributed by atoms with van der Waals surface area (Å²) in [5, 5.41) is 8.30. The lowest BCUT2D eigenvalue weighted by Crippen LogP contribution is -2.17. The standard InChI is InChI=1S/C14H15NO4S/c1-3-20(17,18)13-12(14(13,8-15)9-16)10-4-6-11(19-2)7-5-10/h4-7,9,12-13H,3H2,1-2H3/t12-,13-,14-/m1/s1. The maximum Gasteiger partial charge on any atom is 0.155 e. The van der Waals surface area contributed by atoms with Gasteiger partial charge >= 0.3 is 0 Å². The van der Waals surface area contributed by atoms with Crippen LogP contribution in [0, 0.1) is 16.7 Å². The van der Waals surface area contributed by atoms with Gasteiger partial charge in [-0.2, -0.15) is 5.26 Å². The van der Waals surface area contributed by atoms with Crippen LogP contribution in [0.25, 0.3) is 0 Å². The van der Waals surface area contributed by atoms with Gasteiger partial charge in [-0.3, -0.25) is 0 Å². The molecule has 0 aliphatic heterocycles. The number of aldehydes is 1. The lowest BCUT2D eigenvalue weighted by molar-refractivity contribution is -0.110. The molecule has 1 saturated carbocycles. The fourth-order valence-corrected chi connectivity index (χ4v) is 4.55. The van der Waals surface area contributed by atoms with Crippen LogP contribution in [0.2, 0.25) is 0 Å². The highest BCUT2D eigenvalue weighted by molar-refractivity contribution is 7.92. The van der Waals surface area contributed by atoms with Crippen molar-refractivity contribution in [3.8, 4) is 11.8 Å². The summed E-state index contributed by atoms with van der Waals surface area (Å²) in [5.74, 6) is -0.0412. The van der Waals surface area contributed by atoms with Gasteiger partial charge in [-0.1, -0.05) is 19.1 Å². The normalized spacial score (nSPS) is 28.4. The monoisotopic (exact) mass is 293 g/mol. The van der Waals surface area contributed by atoms with Gasteiger partial charge in [-0.05, 0) is 17.7 Å². The smallest absolute Gasteiger partial charge is 0.155 e. The summed E-state index contributed by atoms with van der Waals surface area (Å²) < 4.78 is 29.2. The van der Waals surface area contributed by atoms with Gasteiger partial charge in [0.2, 0.25) is 0 Å². The molecule has 2 rings (SSSR count). The molecule has 0 radical (unpaired) electrons. The van der Waals surface area contributed by atoms with Crippen molar-refractivity contribution in [3.05, 3.63) is 29.8 Å². The molecule has 0 aromatic heterocycles. The number of hydrogen-bond donors (Lipinski definition) is 0. The van der Waals surface area contributed by atoms with Gasteiger partial charge in [0.25, 0.3) is 0 Å². The number of sulfone groups is 1. The summed E-state index contributed by atoms with van der Waals surface area (Å²) in [4.78, 5) is 11.3. The number of rotatable bonds is 5. The fraction of sp³-hybridized carbons (Fsp3) is 0.429. The first-order valence-electron chi connectivity index (χ1n) is 6.20. The molecule has 1 fully saturated rings. The number of hydrogen-bond acceptors (Lipinski definition) is 5. The van der Waals surface area contributed by atoms with Gasteiger partial charge in [0.15, 0.2) is 9.84 Å². The van der Waals surface area contributed by atoms with E-state index in [0.29, 0.717) is 17.6 Å². The molecule has 0 saturated heterocycles. The predicted molar refractivity (Wildman–Crippen MR) is 73.1 cm³/mol. The van der Waals surface area contributed by atoms with Crippen LogP contribution in [-0.2, 0) is 14.6 Å².